The molecular formula is C48H68Cl2N6O10S. The first-order chi connectivity index (χ1) is 32.5. The maximum Gasteiger partial charge on any atom is 0.315 e. The van der Waals surface area contributed by atoms with Crippen molar-refractivity contribution < 1.29 is 43.3 Å². The molecule has 1 unspecified atom stereocenters. The van der Waals surface area contributed by atoms with E-state index in [2.05, 4.69) is 26.6 Å². The summed E-state index contributed by atoms with van der Waals surface area (Å²) in [6.45, 7) is 9.57. The second-order valence-corrected chi connectivity index (χ2v) is 18.2. The summed E-state index contributed by atoms with van der Waals surface area (Å²) in [6.07, 6.45) is 5.30. The zero-order chi connectivity index (χ0) is 48.6. The summed E-state index contributed by atoms with van der Waals surface area (Å²) >= 11 is 14.5. The van der Waals surface area contributed by atoms with Gasteiger partial charge < -0.3 is 50.5 Å². The molecule has 2 saturated heterocycles. The number of rotatable bonds is 30. The van der Waals surface area contributed by atoms with Gasteiger partial charge in [0.15, 0.2) is 0 Å². The standard InChI is InChI=1S/C46H62Cl2N6O10S.C2H6/c1-2-7-33(45(59)60)42-41(30-10-12-31(47)13-11-30)34-28-32(48)14-15-36(34)54(44(42)58)21-20-51-40(57)17-16-39(56)50-19-6-23-63-25-27-64-26-24-62-22-5-18-49-38(55)9-4-3-8-37-43-35(29-65-37)52-46(61)53-43;1-2/h10-15,28,33,35,37,43H,2-9,16-27,29H2,1H3,(H,49,55)(H,50,56)(H,51,57)(H,59,60)(H2,52,53,61);1-2H3/t33-,35+,37?,43+;/m0./s1. The lowest BCUT2D eigenvalue weighted by molar-refractivity contribution is -0.139. The highest BCUT2D eigenvalue weighted by molar-refractivity contribution is 8.00. The molecule has 6 N–H and O–H groups in total. The van der Waals surface area contributed by atoms with Crippen LogP contribution in [0.4, 0.5) is 4.79 Å². The minimum atomic E-state index is -1.11. The second kappa shape index (κ2) is 30.2. The number of carbonyl (C=O) groups is 5. The van der Waals surface area contributed by atoms with Crippen molar-refractivity contribution in [2.45, 2.75) is 115 Å². The van der Waals surface area contributed by atoms with Crippen molar-refractivity contribution in [1.29, 1.82) is 0 Å². The van der Waals surface area contributed by atoms with Crippen LogP contribution in [0.5, 0.6) is 0 Å². The molecule has 19 heteroatoms. The number of hydrogen-bond donors (Lipinski definition) is 6. The van der Waals surface area contributed by atoms with Crippen LogP contribution >= 0.6 is 35.0 Å². The molecule has 0 aliphatic carbocycles. The third-order valence-corrected chi connectivity index (χ3v) is 13.3. The monoisotopic (exact) mass is 990 g/mol. The predicted molar refractivity (Wildman–Crippen MR) is 264 cm³/mol. The lowest BCUT2D eigenvalue weighted by Crippen LogP contribution is -2.36. The number of fused-ring (bicyclic) bond motifs is 2. The Bertz CT molecular complexity index is 2130. The molecule has 2 fully saturated rings. The number of carboxylic acids is 1. The molecule has 5 rings (SSSR count). The number of carbonyl (C=O) groups excluding carboxylic acids is 4. The molecule has 3 heterocycles. The van der Waals surface area contributed by atoms with E-state index in [4.69, 9.17) is 37.4 Å². The number of nitrogens with zero attached hydrogens (tertiary/aromatic N) is 1. The SMILES string of the molecule is CC.CCC[C@H](C(=O)O)c1c(-c2ccc(Cl)cc2)c2cc(Cl)ccc2n(CCNC(=O)CCC(=O)NCCCOCCOCCOCCCNC(=O)CCCCC2SC[C@H]3NC(=O)N[C@@H]23)c1=O. The van der Waals surface area contributed by atoms with Crippen molar-refractivity contribution in [2.75, 3.05) is 65.0 Å². The van der Waals surface area contributed by atoms with Crippen molar-refractivity contribution in [1.82, 2.24) is 31.2 Å². The van der Waals surface area contributed by atoms with Gasteiger partial charge in [-0.2, -0.15) is 11.8 Å². The molecule has 0 bridgehead atoms. The van der Waals surface area contributed by atoms with E-state index in [1.165, 1.54) is 4.57 Å². The normalized spacial score (nSPS) is 16.6. The molecule has 3 aromatic rings. The van der Waals surface area contributed by atoms with Gasteiger partial charge in [0.1, 0.15) is 0 Å². The van der Waals surface area contributed by atoms with Crippen molar-refractivity contribution in [3.8, 4) is 11.1 Å². The lowest BCUT2D eigenvalue weighted by atomic mass is 9.86. The summed E-state index contributed by atoms with van der Waals surface area (Å²) in [6, 6.07) is 12.3. The third kappa shape index (κ3) is 17.9. The molecule has 67 heavy (non-hydrogen) atoms. The minimum Gasteiger partial charge on any atom is -0.481 e. The molecule has 2 aromatic carbocycles. The van der Waals surface area contributed by atoms with Crippen molar-refractivity contribution >= 4 is 75.6 Å². The summed E-state index contributed by atoms with van der Waals surface area (Å²) in [4.78, 5) is 75.6. The van der Waals surface area contributed by atoms with E-state index in [0.717, 1.165) is 25.0 Å². The molecule has 370 valence electrons. The Morgan fingerprint density at radius 1 is 0.776 bits per heavy atom. The molecule has 2 aliphatic heterocycles. The van der Waals surface area contributed by atoms with Gasteiger partial charge in [0.25, 0.3) is 5.56 Å². The first-order valence-corrected chi connectivity index (χ1v) is 25.3. The molecule has 4 atom stereocenters. The van der Waals surface area contributed by atoms with E-state index in [0.29, 0.717) is 116 Å². The quantitative estimate of drug-likeness (QED) is 0.0307. The van der Waals surface area contributed by atoms with E-state index >= 15 is 0 Å². The number of aromatic nitrogens is 1. The van der Waals surface area contributed by atoms with Gasteiger partial charge >= 0.3 is 12.0 Å². The summed E-state index contributed by atoms with van der Waals surface area (Å²) in [5.74, 6) is -1.83. The largest absolute Gasteiger partial charge is 0.481 e. The van der Waals surface area contributed by atoms with Gasteiger partial charge in [-0.25, -0.2) is 4.79 Å². The van der Waals surface area contributed by atoms with Crippen LogP contribution < -0.4 is 32.1 Å². The molecule has 2 aliphatic rings. The van der Waals surface area contributed by atoms with Crippen molar-refractivity contribution in [2.24, 2.45) is 0 Å². The van der Waals surface area contributed by atoms with Crippen molar-refractivity contribution in [3.05, 3.63) is 68.4 Å². The molecule has 0 radical (unpaired) electrons. The van der Waals surface area contributed by atoms with Crippen LogP contribution in [0, 0.1) is 0 Å². The number of aliphatic carboxylic acids is 1. The number of benzene rings is 2. The van der Waals surface area contributed by atoms with Crippen LogP contribution in [0.2, 0.25) is 10.0 Å². The summed E-state index contributed by atoms with van der Waals surface area (Å²) in [5.41, 5.74) is 1.33. The fraction of sp³-hybridized carbons (Fsp3) is 0.583. The van der Waals surface area contributed by atoms with Crippen LogP contribution in [0.25, 0.3) is 22.0 Å². The van der Waals surface area contributed by atoms with Crippen LogP contribution in [-0.2, 0) is 39.9 Å². The molecule has 5 amide bonds. The average molecular weight is 992 g/mol. The number of pyridine rings is 1. The smallest absolute Gasteiger partial charge is 0.315 e. The molecular weight excluding hydrogens is 924 g/mol. The number of thioether (sulfide) groups is 1. The third-order valence-electron chi connectivity index (χ3n) is 11.3. The zero-order valence-corrected chi connectivity index (χ0v) is 41.3. The first kappa shape index (κ1) is 55.2. The van der Waals surface area contributed by atoms with Gasteiger partial charge in [-0.3, -0.25) is 24.0 Å². The fourth-order valence-corrected chi connectivity index (χ4v) is 9.86. The number of amides is 5. The van der Waals surface area contributed by atoms with Gasteiger partial charge in [-0.15, -0.1) is 0 Å². The number of ether oxygens (including phenoxy) is 3. The van der Waals surface area contributed by atoms with Crippen LogP contribution in [-0.4, -0.2) is 122 Å². The van der Waals surface area contributed by atoms with Crippen LogP contribution in [0.15, 0.2) is 47.3 Å². The van der Waals surface area contributed by atoms with E-state index in [9.17, 15) is 33.9 Å². The molecule has 16 nitrogen and oxygen atoms in total. The topological polar surface area (TPSA) is 215 Å². The summed E-state index contributed by atoms with van der Waals surface area (Å²) in [7, 11) is 0. The Balaban J connectivity index is 0.00000483. The van der Waals surface area contributed by atoms with Crippen LogP contribution in [0.3, 0.4) is 0 Å². The molecule has 0 spiro atoms. The number of hydrogen-bond acceptors (Lipinski definition) is 10. The van der Waals surface area contributed by atoms with Crippen LogP contribution in [0.1, 0.15) is 96.5 Å². The Hall–Kier alpha value is -4.39. The molecule has 0 saturated carbocycles. The lowest BCUT2D eigenvalue weighted by Gasteiger charge is -2.22. The van der Waals surface area contributed by atoms with Gasteiger partial charge in [0.2, 0.25) is 17.7 Å². The van der Waals surface area contributed by atoms with Gasteiger partial charge in [-0.05, 0) is 68.0 Å². The van der Waals surface area contributed by atoms with Crippen molar-refractivity contribution in [3.63, 3.8) is 0 Å². The minimum absolute atomic E-state index is 0.0147. The number of carboxylic acid groups (broad SMARTS) is 1. The Kier molecular flexibility index (Phi) is 24.9. The Labute approximate surface area is 407 Å². The number of nitrogens with one attached hydrogen (secondary N) is 5. The van der Waals surface area contributed by atoms with E-state index in [1.54, 1.807) is 42.5 Å². The van der Waals surface area contributed by atoms with E-state index < -0.39 is 17.4 Å². The van der Waals surface area contributed by atoms with Gasteiger partial charge in [-0.1, -0.05) is 68.9 Å². The fourth-order valence-electron chi connectivity index (χ4n) is 8.02. The maximum atomic E-state index is 14.2. The highest BCUT2D eigenvalue weighted by Gasteiger charge is 2.42. The Morgan fingerprint density at radius 2 is 1.36 bits per heavy atom. The predicted octanol–water partition coefficient (Wildman–Crippen LogP) is 6.65. The summed E-state index contributed by atoms with van der Waals surface area (Å²) in [5, 5.41) is 26.7. The van der Waals surface area contributed by atoms with Gasteiger partial charge in [0.05, 0.1) is 49.9 Å². The second-order valence-electron chi connectivity index (χ2n) is 16.1. The zero-order valence-electron chi connectivity index (χ0n) is 38.9. The average Bonchev–Trinajstić information content (AvgIpc) is 3.88. The number of urea groups is 1. The maximum absolute atomic E-state index is 14.2. The summed E-state index contributed by atoms with van der Waals surface area (Å²) < 4.78 is 18.2. The highest BCUT2D eigenvalue weighted by Crippen LogP contribution is 2.38. The Morgan fingerprint density at radius 3 is 1.97 bits per heavy atom. The van der Waals surface area contributed by atoms with E-state index in [-0.39, 0.29) is 73.8 Å². The number of halogens is 2. The first-order valence-electron chi connectivity index (χ1n) is 23.5. The highest BCUT2D eigenvalue weighted by atomic mass is 35.5. The van der Waals surface area contributed by atoms with Gasteiger partial charge in [0, 0.05) is 96.2 Å². The molecule has 1 aromatic heterocycles. The number of unbranched alkanes of at least 4 members (excludes halogenated alkanes) is 1. The van der Waals surface area contributed by atoms with E-state index in [1.807, 2.05) is 32.5 Å².